The van der Waals surface area contributed by atoms with Gasteiger partial charge in [0, 0.05) is 31.2 Å². The first-order valence-corrected chi connectivity index (χ1v) is 6.65. The Hall–Kier alpha value is 2.13. The van der Waals surface area contributed by atoms with Crippen molar-refractivity contribution in [2.45, 2.75) is 6.68 Å². The minimum atomic E-state index is -5.17. The van der Waals surface area contributed by atoms with Crippen molar-refractivity contribution in [3.8, 4) is 0 Å². The molecule has 12 nitrogen and oxygen atoms in total. The van der Waals surface area contributed by atoms with E-state index in [9.17, 15) is 13.2 Å². The summed E-state index contributed by atoms with van der Waals surface area (Å²) in [6.07, 6.45) is 0. The van der Waals surface area contributed by atoms with Crippen LogP contribution in [0.2, 0.25) is 0 Å². The molecule has 0 unspecified atom stereocenters. The van der Waals surface area contributed by atoms with E-state index in [2.05, 4.69) is 0 Å². The van der Waals surface area contributed by atoms with Gasteiger partial charge in [0.1, 0.15) is 0 Å². The van der Waals surface area contributed by atoms with E-state index in [0.717, 1.165) is 0 Å². The predicted molar refractivity (Wildman–Crippen MR) is 38.5 cm³/mol. The van der Waals surface area contributed by atoms with Gasteiger partial charge in [-0.15, -0.1) is 0 Å². The largest absolute Gasteiger partial charge is 3.00 e. The number of hydrogen-bond donors (Lipinski definition) is 0. The van der Waals surface area contributed by atoms with Gasteiger partial charge in [-0.1, -0.05) is 0 Å². The molecule has 0 aliphatic heterocycles. The average Bonchev–Trinajstić information content (AvgIpc) is 1.66. The SMILES string of the molecule is FC(F)F.O=S(=O)([O-])[O-].O=S(=O)([O-])[O-].O=S(=O)([O-])[O-].[Pr+3].[Pr+3]. The zero-order chi connectivity index (χ0) is 17.1. The van der Waals surface area contributed by atoms with Gasteiger partial charge < -0.3 is 27.3 Å². The number of alkyl halides is 3. The quantitative estimate of drug-likeness (QED) is 0.192. The third kappa shape index (κ3) is 1980. The van der Waals surface area contributed by atoms with Crippen LogP contribution in [0.1, 0.15) is 0 Å². The molecule has 0 aromatic rings. The van der Waals surface area contributed by atoms with Gasteiger partial charge in [0.2, 0.25) is 0 Å². The van der Waals surface area contributed by atoms with Crippen LogP contribution in [0.15, 0.2) is 0 Å². The van der Waals surface area contributed by atoms with Gasteiger partial charge in [0.05, 0.1) is 0 Å². The van der Waals surface area contributed by atoms with E-state index in [1.54, 1.807) is 0 Å². The molecule has 0 rings (SSSR count). The van der Waals surface area contributed by atoms with Crippen LogP contribution in [0.25, 0.3) is 0 Å². The minimum Gasteiger partial charge on any atom is -0.759 e. The van der Waals surface area contributed by atoms with Crippen molar-refractivity contribution in [2.24, 2.45) is 0 Å². The molecule has 0 atom stereocenters. The summed E-state index contributed by atoms with van der Waals surface area (Å²) in [5, 5.41) is 0. The fourth-order valence-electron chi connectivity index (χ4n) is 0. The summed E-state index contributed by atoms with van der Waals surface area (Å²) in [6, 6.07) is 0. The van der Waals surface area contributed by atoms with E-state index in [-0.39, 0.29) is 82.6 Å². The Labute approximate surface area is 183 Å². The van der Waals surface area contributed by atoms with Crippen molar-refractivity contribution < 1.29 is 148 Å². The minimum absolute atomic E-state index is 0. The van der Waals surface area contributed by atoms with Crippen LogP contribution in [0.5, 0.6) is 0 Å². The molecule has 20 heteroatoms. The molecule has 0 spiro atoms. The van der Waals surface area contributed by atoms with Gasteiger partial charge in [-0.2, -0.15) is 13.2 Å². The Morgan fingerprint density at radius 1 is 0.524 bits per heavy atom. The van der Waals surface area contributed by atoms with Crippen LogP contribution in [0.3, 0.4) is 0 Å². The number of halogens is 3. The fourth-order valence-corrected chi connectivity index (χ4v) is 0. The summed E-state index contributed by atoms with van der Waals surface area (Å²) in [5.41, 5.74) is 0. The summed E-state index contributed by atoms with van der Waals surface area (Å²) in [5.74, 6) is 0. The van der Waals surface area contributed by atoms with Crippen LogP contribution in [-0.4, -0.2) is 59.2 Å². The molecule has 0 saturated carbocycles. The molecule has 0 heterocycles. The van der Waals surface area contributed by atoms with E-state index >= 15 is 0 Å². The third-order valence-electron chi connectivity index (χ3n) is 0. The number of hydrogen-bond acceptors (Lipinski definition) is 12. The molecular formula is CHF3O12Pr2S3. The molecule has 0 aromatic heterocycles. The average molecular weight is 640 g/mol. The zero-order valence-electron chi connectivity index (χ0n) is 8.99. The fraction of sp³-hybridized carbons (Fsp3) is 1.00. The molecule has 0 radical (unpaired) electrons. The van der Waals surface area contributed by atoms with Crippen molar-refractivity contribution in [2.75, 3.05) is 0 Å². The second-order valence-electron chi connectivity index (χ2n) is 1.47. The summed E-state index contributed by atoms with van der Waals surface area (Å²) >= 11 is 0. The van der Waals surface area contributed by atoms with Crippen molar-refractivity contribution in [1.29, 1.82) is 0 Å². The Morgan fingerprint density at radius 3 is 0.524 bits per heavy atom. The van der Waals surface area contributed by atoms with Crippen LogP contribution in [0.4, 0.5) is 13.2 Å². The van der Waals surface area contributed by atoms with Crippen LogP contribution >= 0.6 is 0 Å². The van der Waals surface area contributed by atoms with Gasteiger partial charge >= 0.3 is 89.3 Å². The predicted octanol–water partition coefficient (Wildman–Crippen LogP) is -2.84. The van der Waals surface area contributed by atoms with E-state index in [1.807, 2.05) is 0 Å². The first-order valence-electron chi connectivity index (χ1n) is 2.65. The summed E-state index contributed by atoms with van der Waals surface area (Å²) in [4.78, 5) is 0. The van der Waals surface area contributed by atoms with E-state index < -0.39 is 37.9 Å². The molecule has 122 valence electrons. The summed E-state index contributed by atoms with van der Waals surface area (Å²) in [7, 11) is -15.5. The molecule has 0 aromatic carbocycles. The molecular weight excluding hydrogens is 639 g/mol. The first-order chi connectivity index (χ1) is 7.73. The van der Waals surface area contributed by atoms with Crippen LogP contribution < -0.4 is 0 Å². The van der Waals surface area contributed by atoms with Gasteiger partial charge in [-0.3, -0.25) is 25.3 Å². The summed E-state index contributed by atoms with van der Waals surface area (Å²) < 4.78 is 131. The second kappa shape index (κ2) is 18.5. The zero-order valence-corrected chi connectivity index (χ0v) is 18.8. The van der Waals surface area contributed by atoms with Gasteiger partial charge in [0.15, 0.2) is 0 Å². The van der Waals surface area contributed by atoms with Crippen molar-refractivity contribution in [1.82, 2.24) is 0 Å². The van der Waals surface area contributed by atoms with Crippen molar-refractivity contribution in [3.05, 3.63) is 0 Å². The maximum Gasteiger partial charge on any atom is 3.00 e. The Kier molecular flexibility index (Phi) is 33.9. The molecule has 0 saturated heterocycles. The summed E-state index contributed by atoms with van der Waals surface area (Å²) in [6.45, 7) is -3.67. The topological polar surface area (TPSA) is 241 Å². The smallest absolute Gasteiger partial charge is 0.759 e. The normalized spacial score (nSPS) is 10.0. The maximum absolute atomic E-state index is 9.67. The van der Waals surface area contributed by atoms with Gasteiger partial charge in [-0.05, 0) is 0 Å². The van der Waals surface area contributed by atoms with E-state index in [4.69, 9.17) is 52.6 Å². The van der Waals surface area contributed by atoms with Gasteiger partial charge in [-0.25, -0.2) is 0 Å². The Balaban J connectivity index is -0.0000000347. The first kappa shape index (κ1) is 38.6. The monoisotopic (exact) mass is 640 g/mol. The third-order valence-corrected chi connectivity index (χ3v) is 0. The van der Waals surface area contributed by atoms with E-state index in [0.29, 0.717) is 0 Å². The molecule has 21 heavy (non-hydrogen) atoms. The van der Waals surface area contributed by atoms with E-state index in [1.165, 1.54) is 0 Å². The standard InChI is InChI=1S/CHF3.3H2O4S.2Pr/c2-1(3)4;3*1-5(2,3)4;;/h1H;3*(H2,1,2,3,4);;/q;;;;2*+3/p-6. The van der Waals surface area contributed by atoms with Crippen molar-refractivity contribution >= 4 is 31.2 Å². The number of rotatable bonds is 0. The molecule has 0 aliphatic carbocycles. The Bertz CT molecular complexity index is 396. The second-order valence-corrected chi connectivity index (χ2v) is 3.92. The van der Waals surface area contributed by atoms with Crippen molar-refractivity contribution in [3.63, 3.8) is 0 Å². The maximum atomic E-state index is 9.67. The molecule has 0 aliphatic rings. The molecule has 0 N–H and O–H groups in total. The van der Waals surface area contributed by atoms with Crippen LogP contribution in [-0.2, 0) is 31.2 Å². The molecule has 0 bridgehead atoms. The Morgan fingerprint density at radius 2 is 0.524 bits per heavy atom. The molecule has 0 fully saturated rings. The molecule has 0 amide bonds. The van der Waals surface area contributed by atoms with Gasteiger partial charge in [0.25, 0.3) is 0 Å². The van der Waals surface area contributed by atoms with Crippen LogP contribution in [0, 0.1) is 82.6 Å².